The molecule has 25 heavy (non-hydrogen) atoms. The Morgan fingerprint density at radius 2 is 2.04 bits per heavy atom. The molecule has 1 N–H and O–H groups in total. The molecule has 0 atom stereocenters. The lowest BCUT2D eigenvalue weighted by Gasteiger charge is -2.07. The minimum Gasteiger partial charge on any atom is -0.487 e. The summed E-state index contributed by atoms with van der Waals surface area (Å²) in [6.07, 6.45) is 0. The van der Waals surface area contributed by atoms with Crippen molar-refractivity contribution in [3.05, 3.63) is 57.0 Å². The van der Waals surface area contributed by atoms with E-state index in [1.165, 1.54) is 18.3 Å². The van der Waals surface area contributed by atoms with Gasteiger partial charge in [-0.3, -0.25) is 14.9 Å². The van der Waals surface area contributed by atoms with E-state index in [-0.39, 0.29) is 11.7 Å². The van der Waals surface area contributed by atoms with Gasteiger partial charge in [-0.2, -0.15) is 0 Å². The molecule has 3 aromatic rings. The fourth-order valence-corrected chi connectivity index (χ4v) is 3.36. The third-order valence-corrected chi connectivity index (χ3v) is 4.81. The van der Waals surface area contributed by atoms with E-state index >= 15 is 0 Å². The number of Topliss-reactive ketones (excluding diaryl/α,β-unsaturated/α-hetero) is 1. The van der Waals surface area contributed by atoms with Crippen LogP contribution in [0.2, 0.25) is 0 Å². The maximum Gasteiger partial charge on any atom is 0.257 e. The van der Waals surface area contributed by atoms with Crippen molar-refractivity contribution in [2.24, 2.45) is 0 Å². The number of aryl methyl sites for hydroxylation is 1. The number of rotatable bonds is 6. The Bertz CT molecular complexity index is 917. The van der Waals surface area contributed by atoms with Crippen LogP contribution in [0.15, 0.2) is 35.0 Å². The van der Waals surface area contributed by atoms with Gasteiger partial charge in [-0.05, 0) is 25.1 Å². The number of ether oxygens (including phenoxy) is 1. The summed E-state index contributed by atoms with van der Waals surface area (Å²) in [5.41, 5.74) is 1.65. The maximum atomic E-state index is 12.3. The van der Waals surface area contributed by atoms with Crippen molar-refractivity contribution in [1.29, 1.82) is 0 Å². The Morgan fingerprint density at radius 1 is 1.20 bits per heavy atom. The molecule has 3 rings (SSSR count). The molecule has 0 spiro atoms. The van der Waals surface area contributed by atoms with Crippen LogP contribution in [0.4, 0.5) is 5.13 Å². The van der Waals surface area contributed by atoms with E-state index in [1.54, 1.807) is 41.0 Å². The average Bonchev–Trinajstić information content (AvgIpc) is 3.22. The zero-order valence-corrected chi connectivity index (χ0v) is 15.2. The molecular formula is C17H15N3O3S2. The van der Waals surface area contributed by atoms with Crippen LogP contribution in [0.3, 0.4) is 0 Å². The van der Waals surface area contributed by atoms with E-state index in [4.69, 9.17) is 4.74 Å². The fourth-order valence-electron chi connectivity index (χ4n) is 2.02. The standard InChI is InChI=1S/C17H15N3O3S2/c1-10(21)15-9-25-17(19-15)20-16(22)12-4-3-5-14(6-12)23-7-13-8-24-11(2)18-13/h3-6,8-9H,7H2,1-2H3,(H,19,20,22). The Balaban J connectivity index is 1.65. The first-order chi connectivity index (χ1) is 12.0. The van der Waals surface area contributed by atoms with Crippen LogP contribution in [-0.2, 0) is 6.61 Å². The summed E-state index contributed by atoms with van der Waals surface area (Å²) in [6.45, 7) is 3.73. The van der Waals surface area contributed by atoms with Crippen LogP contribution in [0.1, 0.15) is 38.5 Å². The van der Waals surface area contributed by atoms with Crippen molar-refractivity contribution in [3.63, 3.8) is 0 Å². The first-order valence-electron chi connectivity index (χ1n) is 7.43. The Labute approximate surface area is 152 Å². The van der Waals surface area contributed by atoms with Gasteiger partial charge in [-0.25, -0.2) is 9.97 Å². The molecule has 1 aromatic carbocycles. The van der Waals surface area contributed by atoms with Crippen LogP contribution in [0.25, 0.3) is 0 Å². The topological polar surface area (TPSA) is 81.2 Å². The van der Waals surface area contributed by atoms with Gasteiger partial charge in [-0.1, -0.05) is 6.07 Å². The zero-order valence-electron chi connectivity index (χ0n) is 13.6. The second kappa shape index (κ2) is 7.54. The quantitative estimate of drug-likeness (QED) is 0.662. The van der Waals surface area contributed by atoms with Gasteiger partial charge >= 0.3 is 0 Å². The van der Waals surface area contributed by atoms with E-state index in [9.17, 15) is 9.59 Å². The number of nitrogens with one attached hydrogen (secondary N) is 1. The summed E-state index contributed by atoms with van der Waals surface area (Å²) in [7, 11) is 0. The largest absolute Gasteiger partial charge is 0.487 e. The average molecular weight is 373 g/mol. The molecule has 2 aromatic heterocycles. The molecular weight excluding hydrogens is 358 g/mol. The van der Waals surface area contributed by atoms with Crippen LogP contribution in [0.5, 0.6) is 5.75 Å². The van der Waals surface area contributed by atoms with E-state index in [0.717, 1.165) is 10.7 Å². The highest BCUT2D eigenvalue weighted by Crippen LogP contribution is 2.19. The van der Waals surface area contributed by atoms with Gasteiger partial charge in [-0.15, -0.1) is 22.7 Å². The summed E-state index contributed by atoms with van der Waals surface area (Å²) in [4.78, 5) is 32.0. The summed E-state index contributed by atoms with van der Waals surface area (Å²) in [5, 5.41) is 7.63. The van der Waals surface area contributed by atoms with Crippen LogP contribution in [0, 0.1) is 6.92 Å². The highest BCUT2D eigenvalue weighted by atomic mass is 32.1. The lowest BCUT2D eigenvalue weighted by molar-refractivity contribution is 0.100. The lowest BCUT2D eigenvalue weighted by Crippen LogP contribution is -2.12. The third kappa shape index (κ3) is 4.49. The lowest BCUT2D eigenvalue weighted by atomic mass is 10.2. The highest BCUT2D eigenvalue weighted by Gasteiger charge is 2.12. The molecule has 6 nitrogen and oxygen atoms in total. The van der Waals surface area contributed by atoms with Crippen molar-refractivity contribution in [1.82, 2.24) is 9.97 Å². The molecule has 0 aliphatic rings. The summed E-state index contributed by atoms with van der Waals surface area (Å²) in [6, 6.07) is 6.88. The molecule has 0 radical (unpaired) electrons. The fraction of sp³-hybridized carbons (Fsp3) is 0.176. The SMILES string of the molecule is CC(=O)c1csc(NC(=O)c2cccc(OCc3csc(C)n3)c2)n1. The minimum absolute atomic E-state index is 0.135. The van der Waals surface area contributed by atoms with Gasteiger partial charge in [0.1, 0.15) is 18.1 Å². The number of hydrogen-bond acceptors (Lipinski definition) is 7. The van der Waals surface area contributed by atoms with Gasteiger partial charge in [0.05, 0.1) is 10.7 Å². The second-order valence-electron chi connectivity index (χ2n) is 5.22. The Kier molecular flexibility index (Phi) is 5.20. The summed E-state index contributed by atoms with van der Waals surface area (Å²) >= 11 is 2.78. The first-order valence-corrected chi connectivity index (χ1v) is 9.19. The van der Waals surface area contributed by atoms with E-state index < -0.39 is 0 Å². The number of hydrogen-bond donors (Lipinski definition) is 1. The highest BCUT2D eigenvalue weighted by molar-refractivity contribution is 7.14. The van der Waals surface area contributed by atoms with Gasteiger partial charge in [0.2, 0.25) is 0 Å². The van der Waals surface area contributed by atoms with Crippen LogP contribution in [-0.4, -0.2) is 21.7 Å². The van der Waals surface area contributed by atoms with Gasteiger partial charge in [0.25, 0.3) is 5.91 Å². The number of carbonyl (C=O) groups excluding carboxylic acids is 2. The molecule has 0 bridgehead atoms. The molecule has 0 fully saturated rings. The summed E-state index contributed by atoms with van der Waals surface area (Å²) < 4.78 is 5.69. The molecule has 0 saturated heterocycles. The Hall–Kier alpha value is -2.58. The first kappa shape index (κ1) is 17.2. The van der Waals surface area contributed by atoms with Crippen LogP contribution >= 0.6 is 22.7 Å². The number of carbonyl (C=O) groups is 2. The van der Waals surface area contributed by atoms with Gasteiger partial charge < -0.3 is 4.74 Å². The molecule has 0 saturated carbocycles. The number of ketones is 1. The predicted molar refractivity (Wildman–Crippen MR) is 97.7 cm³/mol. The molecule has 2 heterocycles. The maximum absolute atomic E-state index is 12.3. The van der Waals surface area contributed by atoms with Gasteiger partial charge in [0.15, 0.2) is 10.9 Å². The molecule has 128 valence electrons. The smallest absolute Gasteiger partial charge is 0.257 e. The van der Waals surface area contributed by atoms with E-state index in [2.05, 4.69) is 15.3 Å². The van der Waals surface area contributed by atoms with Gasteiger partial charge in [0, 0.05) is 23.2 Å². The normalized spacial score (nSPS) is 10.5. The molecule has 0 unspecified atom stereocenters. The Morgan fingerprint density at radius 3 is 2.72 bits per heavy atom. The number of nitrogens with zero attached hydrogens (tertiary/aromatic N) is 2. The second-order valence-corrected chi connectivity index (χ2v) is 7.14. The van der Waals surface area contributed by atoms with Crippen molar-refractivity contribution in [2.45, 2.75) is 20.5 Å². The summed E-state index contributed by atoms with van der Waals surface area (Å²) in [5.74, 6) is 0.144. The van der Waals surface area contributed by atoms with Crippen molar-refractivity contribution in [2.75, 3.05) is 5.32 Å². The molecule has 0 aliphatic heterocycles. The van der Waals surface area contributed by atoms with Crippen molar-refractivity contribution < 1.29 is 14.3 Å². The molecule has 8 heteroatoms. The zero-order chi connectivity index (χ0) is 17.8. The minimum atomic E-state index is -0.306. The molecule has 0 aliphatic carbocycles. The number of anilines is 1. The van der Waals surface area contributed by atoms with Crippen molar-refractivity contribution in [3.8, 4) is 5.75 Å². The number of aromatic nitrogens is 2. The third-order valence-electron chi connectivity index (χ3n) is 3.23. The number of thiazole rings is 2. The van der Waals surface area contributed by atoms with E-state index in [1.807, 2.05) is 12.3 Å². The van der Waals surface area contributed by atoms with E-state index in [0.29, 0.717) is 28.7 Å². The van der Waals surface area contributed by atoms with Crippen molar-refractivity contribution >= 4 is 39.5 Å². The number of amides is 1. The number of benzene rings is 1. The molecule has 1 amide bonds. The predicted octanol–water partition coefficient (Wildman–Crippen LogP) is 3.94. The monoisotopic (exact) mass is 373 g/mol. The van der Waals surface area contributed by atoms with Crippen LogP contribution < -0.4 is 10.1 Å².